The van der Waals surface area contributed by atoms with Gasteiger partial charge >= 0.3 is 0 Å². The van der Waals surface area contributed by atoms with Gasteiger partial charge in [0.05, 0.1) is 6.10 Å². The van der Waals surface area contributed by atoms with Crippen molar-refractivity contribution in [2.75, 3.05) is 18.5 Å². The minimum atomic E-state index is -0.486. The van der Waals surface area contributed by atoms with Crippen LogP contribution >= 0.6 is 0 Å². The van der Waals surface area contributed by atoms with Crippen LogP contribution in [0.25, 0.3) is 0 Å². The van der Waals surface area contributed by atoms with Crippen molar-refractivity contribution in [3.8, 4) is 0 Å². The van der Waals surface area contributed by atoms with Gasteiger partial charge in [0.1, 0.15) is 11.9 Å². The van der Waals surface area contributed by atoms with Crippen molar-refractivity contribution in [1.82, 2.24) is 5.32 Å². The first-order valence-corrected chi connectivity index (χ1v) is 8.19. The fraction of sp³-hybridized carbons (Fsp3) is 0.316. The zero-order valence-corrected chi connectivity index (χ0v) is 13.4. The number of carbonyl (C=O) groups excluding carboxylic acids is 1. The number of hydrogen-bond acceptors (Lipinski definition) is 3. The standard InChI is InChI=1S/C19H21FN2O2/c20-15-8-10-16(11-9-15)22-19(23)18(14-5-2-1-3-6-14)21-13-17-7-4-12-24-17/h1-3,5-6,8-11,17-18,21H,4,7,12-13H2,(H,22,23). The van der Waals surface area contributed by atoms with Gasteiger partial charge in [0, 0.05) is 18.8 Å². The summed E-state index contributed by atoms with van der Waals surface area (Å²) >= 11 is 0. The van der Waals surface area contributed by atoms with Crippen molar-refractivity contribution in [3.63, 3.8) is 0 Å². The fourth-order valence-corrected chi connectivity index (χ4v) is 2.81. The Bertz CT molecular complexity index is 655. The highest BCUT2D eigenvalue weighted by atomic mass is 19.1. The molecule has 3 rings (SSSR count). The smallest absolute Gasteiger partial charge is 0.246 e. The quantitative estimate of drug-likeness (QED) is 0.856. The Labute approximate surface area is 141 Å². The lowest BCUT2D eigenvalue weighted by Crippen LogP contribution is -2.37. The topological polar surface area (TPSA) is 50.4 Å². The highest BCUT2D eigenvalue weighted by molar-refractivity contribution is 5.95. The zero-order chi connectivity index (χ0) is 16.8. The van der Waals surface area contributed by atoms with E-state index in [-0.39, 0.29) is 17.8 Å². The molecule has 2 atom stereocenters. The Balaban J connectivity index is 1.70. The van der Waals surface area contributed by atoms with Crippen LogP contribution in [-0.4, -0.2) is 25.2 Å². The second kappa shape index (κ2) is 8.04. The summed E-state index contributed by atoms with van der Waals surface area (Å²) in [5.41, 5.74) is 1.45. The molecule has 2 aromatic carbocycles. The molecule has 4 nitrogen and oxygen atoms in total. The Morgan fingerprint density at radius 2 is 1.92 bits per heavy atom. The Morgan fingerprint density at radius 3 is 2.58 bits per heavy atom. The van der Waals surface area contributed by atoms with Crippen molar-refractivity contribution in [2.45, 2.75) is 25.0 Å². The minimum Gasteiger partial charge on any atom is -0.377 e. The summed E-state index contributed by atoms with van der Waals surface area (Å²) in [6.45, 7) is 1.40. The van der Waals surface area contributed by atoms with Crippen LogP contribution in [-0.2, 0) is 9.53 Å². The molecular formula is C19H21FN2O2. The maximum Gasteiger partial charge on any atom is 0.246 e. The molecule has 2 unspecified atom stereocenters. The lowest BCUT2D eigenvalue weighted by molar-refractivity contribution is -0.118. The lowest BCUT2D eigenvalue weighted by Gasteiger charge is -2.21. The van der Waals surface area contributed by atoms with E-state index in [0.29, 0.717) is 12.2 Å². The Hall–Kier alpha value is -2.24. The van der Waals surface area contributed by atoms with Gasteiger partial charge in [0.2, 0.25) is 5.91 Å². The number of ether oxygens (including phenoxy) is 1. The van der Waals surface area contributed by atoms with Crippen molar-refractivity contribution < 1.29 is 13.9 Å². The summed E-state index contributed by atoms with van der Waals surface area (Å²) in [4.78, 5) is 12.7. The molecular weight excluding hydrogens is 307 g/mol. The van der Waals surface area contributed by atoms with E-state index in [0.717, 1.165) is 25.0 Å². The van der Waals surface area contributed by atoms with Gasteiger partial charge in [-0.3, -0.25) is 10.1 Å². The van der Waals surface area contributed by atoms with Gasteiger partial charge in [-0.25, -0.2) is 4.39 Å². The average Bonchev–Trinajstić information content (AvgIpc) is 3.12. The monoisotopic (exact) mass is 328 g/mol. The molecule has 0 radical (unpaired) electrons. The fourth-order valence-electron chi connectivity index (χ4n) is 2.81. The van der Waals surface area contributed by atoms with Gasteiger partial charge in [-0.2, -0.15) is 0 Å². The molecule has 126 valence electrons. The first-order chi connectivity index (χ1) is 11.7. The molecule has 0 bridgehead atoms. The number of hydrogen-bond donors (Lipinski definition) is 2. The van der Waals surface area contributed by atoms with Crippen LogP contribution in [0.5, 0.6) is 0 Å². The van der Waals surface area contributed by atoms with E-state index in [1.54, 1.807) is 12.1 Å². The number of rotatable bonds is 6. The predicted octanol–water partition coefficient (Wildman–Crippen LogP) is 3.27. The molecule has 24 heavy (non-hydrogen) atoms. The number of anilines is 1. The lowest BCUT2D eigenvalue weighted by atomic mass is 10.1. The molecule has 1 fully saturated rings. The summed E-state index contributed by atoms with van der Waals surface area (Å²) in [5, 5.41) is 6.13. The molecule has 5 heteroatoms. The number of nitrogens with one attached hydrogen (secondary N) is 2. The highest BCUT2D eigenvalue weighted by Crippen LogP contribution is 2.18. The van der Waals surface area contributed by atoms with Crippen molar-refractivity contribution in [2.24, 2.45) is 0 Å². The summed E-state index contributed by atoms with van der Waals surface area (Å²) in [6, 6.07) is 14.8. The van der Waals surface area contributed by atoms with Crippen molar-refractivity contribution in [3.05, 3.63) is 66.0 Å². The predicted molar refractivity (Wildman–Crippen MR) is 91.2 cm³/mol. The maximum atomic E-state index is 13.0. The SMILES string of the molecule is O=C(Nc1ccc(F)cc1)C(NCC1CCCO1)c1ccccc1. The van der Waals surface area contributed by atoms with E-state index in [2.05, 4.69) is 10.6 Å². The van der Waals surface area contributed by atoms with Crippen LogP contribution in [0.3, 0.4) is 0 Å². The molecule has 1 heterocycles. The molecule has 0 aliphatic carbocycles. The second-order valence-corrected chi connectivity index (χ2v) is 5.88. The molecule has 0 saturated carbocycles. The Kier molecular flexibility index (Phi) is 5.56. The summed E-state index contributed by atoms with van der Waals surface area (Å²) in [6.07, 6.45) is 2.22. The van der Waals surface area contributed by atoms with Gasteiger partial charge in [-0.05, 0) is 42.7 Å². The first-order valence-electron chi connectivity index (χ1n) is 8.19. The van der Waals surface area contributed by atoms with Crippen molar-refractivity contribution in [1.29, 1.82) is 0 Å². The van der Waals surface area contributed by atoms with Crippen molar-refractivity contribution >= 4 is 11.6 Å². The van der Waals surface area contributed by atoms with Gasteiger partial charge in [0.15, 0.2) is 0 Å². The van der Waals surface area contributed by atoms with E-state index in [4.69, 9.17) is 4.74 Å². The molecule has 1 amide bonds. The van der Waals surface area contributed by atoms with E-state index in [9.17, 15) is 9.18 Å². The third-order valence-corrected chi connectivity index (χ3v) is 4.08. The molecule has 1 aliphatic heterocycles. The molecule has 1 aliphatic rings. The normalized spacial score (nSPS) is 18.3. The average molecular weight is 328 g/mol. The summed E-state index contributed by atoms with van der Waals surface area (Å²) < 4.78 is 18.6. The van der Waals surface area contributed by atoms with Gasteiger partial charge in [-0.1, -0.05) is 30.3 Å². The highest BCUT2D eigenvalue weighted by Gasteiger charge is 2.23. The first kappa shape index (κ1) is 16.6. The molecule has 0 aromatic heterocycles. The largest absolute Gasteiger partial charge is 0.377 e. The molecule has 2 N–H and O–H groups in total. The van der Waals surface area contributed by atoms with Crippen LogP contribution in [0.1, 0.15) is 24.4 Å². The maximum absolute atomic E-state index is 13.0. The number of amides is 1. The third kappa shape index (κ3) is 4.40. The van der Waals surface area contributed by atoms with Gasteiger partial charge in [-0.15, -0.1) is 0 Å². The van der Waals surface area contributed by atoms with Gasteiger partial charge in [0.25, 0.3) is 0 Å². The third-order valence-electron chi connectivity index (χ3n) is 4.08. The van der Waals surface area contributed by atoms with Crippen LogP contribution in [0.2, 0.25) is 0 Å². The van der Waals surface area contributed by atoms with E-state index in [1.807, 2.05) is 30.3 Å². The summed E-state index contributed by atoms with van der Waals surface area (Å²) in [7, 11) is 0. The van der Waals surface area contributed by atoms with Crippen LogP contribution in [0.15, 0.2) is 54.6 Å². The van der Waals surface area contributed by atoms with Crippen LogP contribution in [0, 0.1) is 5.82 Å². The molecule has 0 spiro atoms. The van der Waals surface area contributed by atoms with Gasteiger partial charge < -0.3 is 10.1 Å². The second-order valence-electron chi connectivity index (χ2n) is 5.88. The molecule has 2 aromatic rings. The minimum absolute atomic E-state index is 0.148. The summed E-state index contributed by atoms with van der Waals surface area (Å²) in [5.74, 6) is -0.505. The number of carbonyl (C=O) groups is 1. The zero-order valence-electron chi connectivity index (χ0n) is 13.4. The van der Waals surface area contributed by atoms with Crippen LogP contribution < -0.4 is 10.6 Å². The number of halogens is 1. The molecule has 1 saturated heterocycles. The number of benzene rings is 2. The van der Waals surface area contributed by atoms with E-state index >= 15 is 0 Å². The Morgan fingerprint density at radius 1 is 1.17 bits per heavy atom. The van der Waals surface area contributed by atoms with E-state index in [1.165, 1.54) is 12.1 Å². The van der Waals surface area contributed by atoms with Crippen LogP contribution in [0.4, 0.5) is 10.1 Å². The van der Waals surface area contributed by atoms with E-state index < -0.39 is 6.04 Å².